The number of pyridine rings is 1. The van der Waals surface area contributed by atoms with Crippen molar-refractivity contribution in [3.05, 3.63) is 59.9 Å². The van der Waals surface area contributed by atoms with Crippen molar-refractivity contribution in [1.82, 2.24) is 14.5 Å². The highest BCUT2D eigenvalue weighted by atomic mass is 127. The molecule has 0 saturated carbocycles. The Labute approximate surface area is 193 Å². The SMILES string of the molecule is CCc1nc2c(N)nc3ccccc3c2n1CCCC#Cc1ccc(OC)cc1.I. The lowest BCUT2D eigenvalue weighted by molar-refractivity contribution is 0.415. The molecule has 2 N–H and O–H groups in total. The lowest BCUT2D eigenvalue weighted by Gasteiger charge is -2.09. The molecule has 154 valence electrons. The first-order valence-corrected chi connectivity index (χ1v) is 9.87. The first-order valence-electron chi connectivity index (χ1n) is 9.87. The number of imidazole rings is 1. The molecule has 0 aliphatic carbocycles. The number of nitrogens with two attached hydrogens (primary N) is 1. The third-order valence-electron chi connectivity index (χ3n) is 5.01. The molecule has 30 heavy (non-hydrogen) atoms. The zero-order valence-electron chi connectivity index (χ0n) is 17.2. The van der Waals surface area contributed by atoms with Gasteiger partial charge in [0.1, 0.15) is 17.1 Å². The number of methoxy groups -OCH3 is 1. The number of benzene rings is 2. The minimum Gasteiger partial charge on any atom is -0.497 e. The Balaban J connectivity index is 0.00000256. The van der Waals surface area contributed by atoms with E-state index >= 15 is 0 Å². The summed E-state index contributed by atoms with van der Waals surface area (Å²) in [5, 5.41) is 1.09. The summed E-state index contributed by atoms with van der Waals surface area (Å²) in [7, 11) is 1.66. The molecule has 0 aliphatic rings. The minimum atomic E-state index is 0. The Morgan fingerprint density at radius 1 is 1.07 bits per heavy atom. The van der Waals surface area contributed by atoms with Crippen molar-refractivity contribution in [3.8, 4) is 17.6 Å². The molecule has 0 atom stereocenters. The van der Waals surface area contributed by atoms with E-state index in [2.05, 4.69) is 34.4 Å². The van der Waals surface area contributed by atoms with Gasteiger partial charge in [0.05, 0.1) is 18.1 Å². The van der Waals surface area contributed by atoms with Crippen molar-refractivity contribution in [1.29, 1.82) is 0 Å². The number of nitrogen functional groups attached to an aromatic ring is 1. The Morgan fingerprint density at radius 3 is 2.57 bits per heavy atom. The maximum Gasteiger partial charge on any atom is 0.152 e. The van der Waals surface area contributed by atoms with E-state index in [1.165, 1.54) is 0 Å². The van der Waals surface area contributed by atoms with Crippen LogP contribution in [0.1, 0.15) is 31.2 Å². The van der Waals surface area contributed by atoms with Crippen LogP contribution in [0.25, 0.3) is 21.9 Å². The van der Waals surface area contributed by atoms with E-state index in [-0.39, 0.29) is 24.0 Å². The summed E-state index contributed by atoms with van der Waals surface area (Å²) in [4.78, 5) is 9.29. The van der Waals surface area contributed by atoms with E-state index in [1.807, 2.05) is 42.5 Å². The molecule has 0 bridgehead atoms. The molecular weight excluding hydrogens is 487 g/mol. The molecule has 4 rings (SSSR count). The predicted molar refractivity (Wildman–Crippen MR) is 133 cm³/mol. The molecule has 6 heteroatoms. The summed E-state index contributed by atoms with van der Waals surface area (Å²) in [5.41, 5.74) is 9.98. The number of fused-ring (bicyclic) bond motifs is 3. The van der Waals surface area contributed by atoms with E-state index in [1.54, 1.807) is 7.11 Å². The van der Waals surface area contributed by atoms with Gasteiger partial charge in [0.15, 0.2) is 5.82 Å². The molecule has 2 heterocycles. The van der Waals surface area contributed by atoms with E-state index < -0.39 is 0 Å². The van der Waals surface area contributed by atoms with Crippen LogP contribution in [0.2, 0.25) is 0 Å². The van der Waals surface area contributed by atoms with Crippen LogP contribution in [-0.2, 0) is 13.0 Å². The fourth-order valence-corrected chi connectivity index (χ4v) is 3.58. The first kappa shape index (κ1) is 21.9. The van der Waals surface area contributed by atoms with Gasteiger partial charge in [0.2, 0.25) is 0 Å². The predicted octanol–water partition coefficient (Wildman–Crippen LogP) is 5.19. The number of halogens is 1. The fourth-order valence-electron chi connectivity index (χ4n) is 3.58. The van der Waals surface area contributed by atoms with Gasteiger partial charge in [-0.3, -0.25) is 0 Å². The Hall–Kier alpha value is -2.79. The summed E-state index contributed by atoms with van der Waals surface area (Å²) < 4.78 is 7.46. The van der Waals surface area contributed by atoms with Gasteiger partial charge in [-0.1, -0.05) is 37.0 Å². The monoisotopic (exact) mass is 512 g/mol. The van der Waals surface area contributed by atoms with Gasteiger partial charge in [0, 0.05) is 30.3 Å². The van der Waals surface area contributed by atoms with Crippen LogP contribution < -0.4 is 10.5 Å². The molecule has 0 spiro atoms. The van der Waals surface area contributed by atoms with Crippen molar-refractivity contribution in [3.63, 3.8) is 0 Å². The standard InChI is InChI=1S/C24H24N4O.HI/c1-3-21-27-22-23(19-10-6-7-11-20(19)26-24(22)25)28(21)16-8-4-5-9-17-12-14-18(29-2)15-13-17;/h6-7,10-15H,3-4,8,16H2,1-2H3,(H2,25,26);1H. The number of nitrogens with zero attached hydrogens (tertiary/aromatic N) is 3. The molecule has 5 nitrogen and oxygen atoms in total. The van der Waals surface area contributed by atoms with Gasteiger partial charge in [-0.15, -0.1) is 24.0 Å². The lowest BCUT2D eigenvalue weighted by atomic mass is 10.2. The van der Waals surface area contributed by atoms with Crippen LogP contribution in [0.4, 0.5) is 5.82 Å². The number of anilines is 1. The normalized spacial score (nSPS) is 10.5. The highest BCUT2D eigenvalue weighted by molar-refractivity contribution is 14.0. The first-order chi connectivity index (χ1) is 14.2. The average molecular weight is 512 g/mol. The lowest BCUT2D eigenvalue weighted by Crippen LogP contribution is -2.03. The maximum absolute atomic E-state index is 6.20. The van der Waals surface area contributed by atoms with Gasteiger partial charge in [-0.2, -0.15) is 0 Å². The fraction of sp³-hybridized carbons (Fsp3) is 0.250. The minimum absolute atomic E-state index is 0. The van der Waals surface area contributed by atoms with Crippen molar-refractivity contribution in [2.24, 2.45) is 0 Å². The molecule has 4 aromatic rings. The van der Waals surface area contributed by atoms with Gasteiger partial charge in [-0.25, -0.2) is 9.97 Å². The summed E-state index contributed by atoms with van der Waals surface area (Å²) in [5.74, 6) is 8.86. The molecule has 0 fully saturated rings. The van der Waals surface area contributed by atoms with Crippen molar-refractivity contribution in [2.75, 3.05) is 12.8 Å². The third-order valence-corrected chi connectivity index (χ3v) is 5.01. The van der Waals surface area contributed by atoms with Crippen molar-refractivity contribution >= 4 is 51.7 Å². The zero-order chi connectivity index (χ0) is 20.2. The van der Waals surface area contributed by atoms with Crippen LogP contribution >= 0.6 is 24.0 Å². The Bertz CT molecular complexity index is 1220. The summed E-state index contributed by atoms with van der Waals surface area (Å²) in [6.45, 7) is 2.97. The van der Waals surface area contributed by atoms with E-state index in [0.29, 0.717) is 5.82 Å². The second kappa shape index (κ2) is 9.81. The Kier molecular flexibility index (Phi) is 7.16. The zero-order valence-corrected chi connectivity index (χ0v) is 19.5. The van der Waals surface area contributed by atoms with Crippen LogP contribution in [0.5, 0.6) is 5.75 Å². The molecule has 0 saturated heterocycles. The smallest absolute Gasteiger partial charge is 0.152 e. The summed E-state index contributed by atoms with van der Waals surface area (Å²) in [6.07, 6.45) is 2.60. The number of rotatable bonds is 5. The topological polar surface area (TPSA) is 66.0 Å². The van der Waals surface area contributed by atoms with Gasteiger partial charge >= 0.3 is 0 Å². The van der Waals surface area contributed by atoms with Crippen LogP contribution in [0.15, 0.2) is 48.5 Å². The molecule has 0 aliphatic heterocycles. The van der Waals surface area contributed by atoms with Gasteiger partial charge < -0.3 is 15.0 Å². The molecular formula is C24H25IN4O. The second-order valence-corrected chi connectivity index (χ2v) is 6.88. The number of para-hydroxylation sites is 1. The summed E-state index contributed by atoms with van der Waals surface area (Å²) >= 11 is 0. The maximum atomic E-state index is 6.20. The Morgan fingerprint density at radius 2 is 1.83 bits per heavy atom. The summed E-state index contributed by atoms with van der Waals surface area (Å²) in [6, 6.07) is 15.9. The van der Waals surface area contributed by atoms with Crippen LogP contribution in [0, 0.1) is 11.8 Å². The van der Waals surface area contributed by atoms with Crippen LogP contribution in [0.3, 0.4) is 0 Å². The van der Waals surface area contributed by atoms with Crippen molar-refractivity contribution < 1.29 is 4.74 Å². The quantitative estimate of drug-likeness (QED) is 0.227. The number of ether oxygens (including phenoxy) is 1. The highest BCUT2D eigenvalue weighted by Gasteiger charge is 2.15. The molecule has 0 amide bonds. The molecule has 2 aromatic heterocycles. The van der Waals surface area contributed by atoms with E-state index in [0.717, 1.165) is 64.9 Å². The highest BCUT2D eigenvalue weighted by Crippen LogP contribution is 2.29. The van der Waals surface area contributed by atoms with E-state index in [9.17, 15) is 0 Å². The average Bonchev–Trinajstić information content (AvgIpc) is 3.13. The van der Waals surface area contributed by atoms with Gasteiger partial charge in [-0.05, 0) is 36.8 Å². The number of unbranched alkanes of at least 4 members (excludes halogenated alkanes) is 1. The number of aryl methyl sites for hydroxylation is 2. The largest absolute Gasteiger partial charge is 0.497 e. The van der Waals surface area contributed by atoms with Crippen molar-refractivity contribution in [2.45, 2.75) is 32.7 Å². The molecule has 2 aromatic carbocycles. The molecule has 0 unspecified atom stereocenters. The van der Waals surface area contributed by atoms with Crippen LogP contribution in [-0.4, -0.2) is 21.6 Å². The second-order valence-electron chi connectivity index (χ2n) is 6.88. The number of hydrogen-bond donors (Lipinski definition) is 1. The van der Waals surface area contributed by atoms with E-state index in [4.69, 9.17) is 15.5 Å². The van der Waals surface area contributed by atoms with Gasteiger partial charge in [0.25, 0.3) is 0 Å². The number of aromatic nitrogens is 3. The molecule has 0 radical (unpaired) electrons. The number of hydrogen-bond acceptors (Lipinski definition) is 4. The third kappa shape index (κ3) is 4.36.